The van der Waals surface area contributed by atoms with Gasteiger partial charge in [-0.25, -0.2) is 4.79 Å². The lowest BCUT2D eigenvalue weighted by molar-refractivity contribution is 0.181. The molecule has 0 spiro atoms. The fourth-order valence-electron chi connectivity index (χ4n) is 1.99. The summed E-state index contributed by atoms with van der Waals surface area (Å²) >= 11 is 0. The number of benzene rings is 1. The molecule has 2 aromatic rings. The highest BCUT2D eigenvalue weighted by molar-refractivity contribution is 5.90. The molecule has 3 rings (SSSR count). The van der Waals surface area contributed by atoms with E-state index in [1.165, 1.54) is 0 Å². The van der Waals surface area contributed by atoms with Crippen molar-refractivity contribution in [3.8, 4) is 6.07 Å². The van der Waals surface area contributed by atoms with E-state index in [0.29, 0.717) is 19.0 Å². The fraction of sp³-hybridized carbons (Fsp3) is 0.143. The summed E-state index contributed by atoms with van der Waals surface area (Å²) in [6.07, 6.45) is -0.342. The third-order valence-electron chi connectivity index (χ3n) is 2.97. The largest absolute Gasteiger partial charge is 0.447 e. The Morgan fingerprint density at radius 3 is 2.86 bits per heavy atom. The lowest BCUT2D eigenvalue weighted by Gasteiger charge is -2.14. The summed E-state index contributed by atoms with van der Waals surface area (Å²) in [5, 5.41) is 19.4. The van der Waals surface area contributed by atoms with Gasteiger partial charge in [0.2, 0.25) is 0 Å². The zero-order chi connectivity index (χ0) is 14.7. The number of cyclic esters (lactones) is 1. The van der Waals surface area contributed by atoms with Crippen molar-refractivity contribution in [3.05, 3.63) is 42.1 Å². The van der Waals surface area contributed by atoms with E-state index in [4.69, 9.17) is 10.00 Å². The molecule has 21 heavy (non-hydrogen) atoms. The molecule has 104 valence electrons. The number of hydrogen-bond acceptors (Lipinski definition) is 6. The molecule has 1 aromatic heterocycles. The van der Waals surface area contributed by atoms with Crippen molar-refractivity contribution in [2.75, 3.05) is 23.4 Å². The van der Waals surface area contributed by atoms with Gasteiger partial charge in [-0.3, -0.25) is 4.90 Å². The minimum Gasteiger partial charge on any atom is -0.447 e. The molecule has 1 aromatic carbocycles. The second-order valence-corrected chi connectivity index (χ2v) is 4.36. The van der Waals surface area contributed by atoms with Crippen LogP contribution in [-0.2, 0) is 4.74 Å². The zero-order valence-corrected chi connectivity index (χ0v) is 11.0. The predicted molar refractivity (Wildman–Crippen MR) is 75.2 cm³/mol. The van der Waals surface area contributed by atoms with E-state index >= 15 is 0 Å². The van der Waals surface area contributed by atoms with Gasteiger partial charge in [0.25, 0.3) is 0 Å². The number of nitrogens with one attached hydrogen (secondary N) is 1. The molecule has 7 nitrogen and oxygen atoms in total. The Morgan fingerprint density at radius 2 is 2.19 bits per heavy atom. The minimum atomic E-state index is -0.342. The number of rotatable bonds is 3. The van der Waals surface area contributed by atoms with E-state index in [-0.39, 0.29) is 11.8 Å². The van der Waals surface area contributed by atoms with Gasteiger partial charge >= 0.3 is 6.09 Å². The molecule has 1 aliphatic heterocycles. The molecule has 0 atom stereocenters. The molecule has 1 aliphatic rings. The first-order valence-corrected chi connectivity index (χ1v) is 6.31. The molecule has 0 aliphatic carbocycles. The summed E-state index contributed by atoms with van der Waals surface area (Å²) in [5.41, 5.74) is 1.78. The van der Waals surface area contributed by atoms with Crippen molar-refractivity contribution in [2.45, 2.75) is 0 Å². The van der Waals surface area contributed by atoms with Gasteiger partial charge in [-0.1, -0.05) is 6.07 Å². The fourth-order valence-corrected chi connectivity index (χ4v) is 1.99. The van der Waals surface area contributed by atoms with Crippen molar-refractivity contribution in [2.24, 2.45) is 0 Å². The molecule has 0 unspecified atom stereocenters. The van der Waals surface area contributed by atoms with Crippen LogP contribution in [0.5, 0.6) is 0 Å². The van der Waals surface area contributed by atoms with Gasteiger partial charge in [-0.2, -0.15) is 5.26 Å². The van der Waals surface area contributed by atoms with Gasteiger partial charge in [-0.15, -0.1) is 10.2 Å². The normalized spacial score (nSPS) is 13.7. The van der Waals surface area contributed by atoms with Crippen LogP contribution >= 0.6 is 0 Å². The molecule has 0 bridgehead atoms. The van der Waals surface area contributed by atoms with Gasteiger partial charge in [0.15, 0.2) is 11.5 Å². The minimum absolute atomic E-state index is 0.258. The van der Waals surface area contributed by atoms with Crippen LogP contribution in [0.1, 0.15) is 5.69 Å². The van der Waals surface area contributed by atoms with Gasteiger partial charge < -0.3 is 10.1 Å². The lowest BCUT2D eigenvalue weighted by atomic mass is 10.2. The van der Waals surface area contributed by atoms with Crippen molar-refractivity contribution in [1.82, 2.24) is 10.2 Å². The molecule has 2 heterocycles. The van der Waals surface area contributed by atoms with Crippen LogP contribution in [0.15, 0.2) is 36.4 Å². The summed E-state index contributed by atoms with van der Waals surface area (Å²) in [7, 11) is 0. The molecule has 0 radical (unpaired) electrons. The predicted octanol–water partition coefficient (Wildman–Crippen LogP) is 2.05. The second kappa shape index (κ2) is 5.46. The number of anilines is 3. The zero-order valence-electron chi connectivity index (χ0n) is 11.0. The van der Waals surface area contributed by atoms with Crippen molar-refractivity contribution in [3.63, 3.8) is 0 Å². The highest BCUT2D eigenvalue weighted by Crippen LogP contribution is 2.24. The molecular weight excluding hydrogens is 270 g/mol. The van der Waals surface area contributed by atoms with Gasteiger partial charge in [-0.05, 0) is 30.3 Å². The van der Waals surface area contributed by atoms with Crippen LogP contribution in [0.3, 0.4) is 0 Å². The number of amides is 1. The summed E-state index contributed by atoms with van der Waals surface area (Å²) in [6.45, 7) is 0.941. The number of hydrogen-bond donors (Lipinski definition) is 1. The maximum Gasteiger partial charge on any atom is 0.414 e. The first-order chi connectivity index (χ1) is 10.3. The third-order valence-corrected chi connectivity index (χ3v) is 2.97. The van der Waals surface area contributed by atoms with E-state index < -0.39 is 0 Å². The second-order valence-electron chi connectivity index (χ2n) is 4.36. The van der Waals surface area contributed by atoms with Crippen molar-refractivity contribution < 1.29 is 9.53 Å². The molecule has 1 amide bonds. The number of nitriles is 1. The Kier molecular flexibility index (Phi) is 3.35. The monoisotopic (exact) mass is 281 g/mol. The van der Waals surface area contributed by atoms with Crippen LogP contribution in [0.25, 0.3) is 0 Å². The maximum atomic E-state index is 11.5. The van der Waals surface area contributed by atoms with Gasteiger partial charge in [0.05, 0.1) is 6.54 Å². The number of carbonyl (C=O) groups is 1. The number of ether oxygens (including phenoxy) is 1. The molecule has 1 fully saturated rings. The van der Waals surface area contributed by atoms with Crippen LogP contribution in [0, 0.1) is 11.3 Å². The Balaban J connectivity index is 1.79. The number of aromatic nitrogens is 2. The van der Waals surface area contributed by atoms with E-state index in [1.807, 2.05) is 30.3 Å². The average Bonchev–Trinajstić information content (AvgIpc) is 2.94. The number of carbonyl (C=O) groups excluding carboxylic acids is 1. The SMILES string of the molecule is N#Cc1ccc(Nc2cccc(N3CCOC3=O)c2)nn1. The molecule has 1 saturated heterocycles. The van der Waals surface area contributed by atoms with E-state index in [0.717, 1.165) is 11.4 Å². The van der Waals surface area contributed by atoms with E-state index in [2.05, 4.69) is 15.5 Å². The maximum absolute atomic E-state index is 11.5. The van der Waals surface area contributed by atoms with Crippen LogP contribution < -0.4 is 10.2 Å². The van der Waals surface area contributed by atoms with Crippen molar-refractivity contribution >= 4 is 23.3 Å². The Bertz CT molecular complexity index is 708. The highest BCUT2D eigenvalue weighted by atomic mass is 16.6. The first kappa shape index (κ1) is 12.9. The van der Waals surface area contributed by atoms with E-state index in [9.17, 15) is 4.79 Å². The van der Waals surface area contributed by atoms with Gasteiger partial charge in [0, 0.05) is 11.4 Å². The average molecular weight is 281 g/mol. The Hall–Kier alpha value is -3.14. The smallest absolute Gasteiger partial charge is 0.414 e. The summed E-state index contributed by atoms with van der Waals surface area (Å²) in [6, 6.07) is 12.5. The lowest BCUT2D eigenvalue weighted by Crippen LogP contribution is -2.23. The summed E-state index contributed by atoms with van der Waals surface area (Å²) in [5.74, 6) is 0.523. The van der Waals surface area contributed by atoms with Crippen molar-refractivity contribution in [1.29, 1.82) is 5.26 Å². The topological polar surface area (TPSA) is 91.1 Å². The summed E-state index contributed by atoms with van der Waals surface area (Å²) in [4.78, 5) is 13.1. The van der Waals surface area contributed by atoms with Crippen LogP contribution in [0.2, 0.25) is 0 Å². The Labute approximate surface area is 120 Å². The number of nitrogens with zero attached hydrogens (tertiary/aromatic N) is 4. The standard InChI is InChI=1S/C14H11N5O2/c15-9-11-4-5-13(18-17-11)16-10-2-1-3-12(8-10)19-6-7-21-14(19)20/h1-5,8H,6-7H2,(H,16,18). The Morgan fingerprint density at radius 1 is 1.29 bits per heavy atom. The van der Waals surface area contributed by atoms with Crippen LogP contribution in [0.4, 0.5) is 22.0 Å². The highest BCUT2D eigenvalue weighted by Gasteiger charge is 2.23. The summed E-state index contributed by atoms with van der Waals surface area (Å²) < 4.78 is 4.92. The van der Waals surface area contributed by atoms with Crippen LogP contribution in [-0.4, -0.2) is 29.4 Å². The third kappa shape index (κ3) is 2.74. The van der Waals surface area contributed by atoms with Gasteiger partial charge in [0.1, 0.15) is 12.7 Å². The first-order valence-electron chi connectivity index (χ1n) is 6.31. The molecule has 1 N–H and O–H groups in total. The van der Waals surface area contributed by atoms with E-state index in [1.54, 1.807) is 17.0 Å². The molecule has 0 saturated carbocycles. The molecular formula is C14H11N5O2. The molecule has 7 heteroatoms. The quantitative estimate of drug-likeness (QED) is 0.925.